The largest absolute Gasteiger partial charge is 0.597 e. The van der Waals surface area contributed by atoms with Crippen molar-refractivity contribution in [1.29, 1.82) is 0 Å². The minimum Gasteiger partial charge on any atom is -0.474 e. The summed E-state index contributed by atoms with van der Waals surface area (Å²) >= 11 is 0. The zero-order valence-electron chi connectivity index (χ0n) is 23.7. The second-order valence-corrected chi connectivity index (χ2v) is 11.5. The Labute approximate surface area is 226 Å². The summed E-state index contributed by atoms with van der Waals surface area (Å²) in [7, 11) is -4.16. The van der Waals surface area contributed by atoms with Crippen LogP contribution in [0, 0.1) is 0 Å². The molecule has 0 amide bonds. The van der Waals surface area contributed by atoms with Gasteiger partial charge in [-0.3, -0.25) is 4.89 Å². The van der Waals surface area contributed by atoms with Crippen molar-refractivity contribution in [3.8, 4) is 0 Å². The standard InChI is InChI=1S/C28H55O8P/c1-3-5-7-9-11-13-15-17-19-21-23-25-31-28-27(29)33-36-37(30,34-28)35-32-26-24-22-20-18-16-14-12-10-8-6-4-2/h29H,3-26H2,1-2H3. The van der Waals surface area contributed by atoms with E-state index in [1.54, 1.807) is 0 Å². The average Bonchev–Trinajstić information content (AvgIpc) is 2.89. The number of rotatable bonds is 27. The summed E-state index contributed by atoms with van der Waals surface area (Å²) in [5.41, 5.74) is 0. The molecule has 0 fully saturated rings. The molecule has 0 saturated heterocycles. The van der Waals surface area contributed by atoms with Gasteiger partial charge in [0.25, 0.3) is 0 Å². The van der Waals surface area contributed by atoms with Crippen LogP contribution in [0.4, 0.5) is 0 Å². The van der Waals surface area contributed by atoms with Crippen LogP contribution in [0.2, 0.25) is 0 Å². The van der Waals surface area contributed by atoms with Gasteiger partial charge in [0.2, 0.25) is 0 Å². The van der Waals surface area contributed by atoms with E-state index < -0.39 is 19.7 Å². The lowest BCUT2D eigenvalue weighted by molar-refractivity contribution is -0.295. The fourth-order valence-electron chi connectivity index (χ4n) is 4.24. The van der Waals surface area contributed by atoms with Gasteiger partial charge in [0, 0.05) is 0 Å². The Kier molecular flexibility index (Phi) is 22.2. The van der Waals surface area contributed by atoms with Gasteiger partial charge in [0.1, 0.15) is 0 Å². The topological polar surface area (TPSA) is 92.7 Å². The molecule has 0 radical (unpaired) electrons. The molecule has 1 heterocycles. The van der Waals surface area contributed by atoms with E-state index in [-0.39, 0.29) is 6.61 Å². The first-order valence-electron chi connectivity index (χ1n) is 15.1. The van der Waals surface area contributed by atoms with Crippen LogP contribution < -0.4 is 0 Å². The first-order chi connectivity index (χ1) is 18.1. The fourth-order valence-corrected chi connectivity index (χ4v) is 5.03. The molecule has 9 heteroatoms. The van der Waals surface area contributed by atoms with E-state index in [4.69, 9.17) is 18.8 Å². The molecule has 0 aromatic heterocycles. The van der Waals surface area contributed by atoms with E-state index in [2.05, 4.69) is 23.4 Å². The van der Waals surface area contributed by atoms with Gasteiger partial charge in [-0.1, -0.05) is 147 Å². The number of hydrogen-bond donors (Lipinski definition) is 1. The second-order valence-electron chi connectivity index (χ2n) is 10.1. The maximum Gasteiger partial charge on any atom is 0.597 e. The van der Waals surface area contributed by atoms with Crippen molar-refractivity contribution in [2.75, 3.05) is 13.2 Å². The summed E-state index contributed by atoms with van der Waals surface area (Å²) in [5.74, 6) is -1.12. The van der Waals surface area contributed by atoms with Gasteiger partial charge < -0.3 is 14.4 Å². The molecule has 0 aromatic carbocycles. The van der Waals surface area contributed by atoms with Gasteiger partial charge >= 0.3 is 19.7 Å². The lowest BCUT2D eigenvalue weighted by atomic mass is 10.1. The zero-order chi connectivity index (χ0) is 26.9. The Bertz CT molecular complexity index is 599. The molecule has 220 valence electrons. The predicted octanol–water partition coefficient (Wildman–Crippen LogP) is 10.3. The highest BCUT2D eigenvalue weighted by Crippen LogP contribution is 2.55. The first kappa shape index (κ1) is 34.1. The maximum absolute atomic E-state index is 12.5. The van der Waals surface area contributed by atoms with Crippen LogP contribution in [-0.4, -0.2) is 18.3 Å². The molecular weight excluding hydrogens is 495 g/mol. The molecule has 0 aromatic rings. The third-order valence-corrected chi connectivity index (χ3v) is 7.47. The Morgan fingerprint density at radius 2 is 1.03 bits per heavy atom. The molecule has 8 nitrogen and oxygen atoms in total. The molecule has 0 saturated carbocycles. The van der Waals surface area contributed by atoms with E-state index in [1.807, 2.05) is 0 Å². The van der Waals surface area contributed by atoms with Crippen molar-refractivity contribution in [2.45, 2.75) is 155 Å². The summed E-state index contributed by atoms with van der Waals surface area (Å²) in [6, 6.07) is 0. The highest BCUT2D eigenvalue weighted by atomic mass is 31.2. The summed E-state index contributed by atoms with van der Waals surface area (Å²) in [5, 5.41) is 9.73. The Balaban J connectivity index is 2.00. The van der Waals surface area contributed by atoms with E-state index in [0.717, 1.165) is 38.5 Å². The van der Waals surface area contributed by atoms with E-state index in [0.29, 0.717) is 6.61 Å². The molecule has 1 atom stereocenters. The molecule has 1 rings (SSSR count). The van der Waals surface area contributed by atoms with Crippen LogP contribution in [0.15, 0.2) is 11.9 Å². The molecule has 0 aliphatic carbocycles. The highest BCUT2D eigenvalue weighted by Gasteiger charge is 2.41. The number of unbranched alkanes of at least 4 members (excludes halogenated alkanes) is 20. The predicted molar refractivity (Wildman–Crippen MR) is 146 cm³/mol. The van der Waals surface area contributed by atoms with E-state index in [9.17, 15) is 9.67 Å². The molecule has 1 unspecified atom stereocenters. The van der Waals surface area contributed by atoms with Gasteiger partial charge in [0.05, 0.1) is 13.2 Å². The number of hydrogen-bond acceptors (Lipinski definition) is 8. The van der Waals surface area contributed by atoms with Gasteiger partial charge in [-0.25, -0.2) is 9.45 Å². The summed E-state index contributed by atoms with van der Waals surface area (Å²) in [6.07, 6.45) is 26.8. The Morgan fingerprint density at radius 1 is 0.622 bits per heavy atom. The van der Waals surface area contributed by atoms with Gasteiger partial charge in [-0.05, 0) is 12.8 Å². The van der Waals surface area contributed by atoms with Crippen LogP contribution in [0.5, 0.6) is 0 Å². The van der Waals surface area contributed by atoms with Gasteiger partial charge in [-0.15, -0.1) is 4.67 Å². The Hall–Kier alpha value is -0.950. The second kappa shape index (κ2) is 24.1. The van der Waals surface area contributed by atoms with Gasteiger partial charge in [-0.2, -0.15) is 0 Å². The minimum absolute atomic E-state index is 0.262. The van der Waals surface area contributed by atoms with Crippen LogP contribution in [0.3, 0.4) is 0 Å². The highest BCUT2D eigenvalue weighted by molar-refractivity contribution is 7.48. The molecule has 1 aliphatic heterocycles. The number of phosphoric acid groups is 1. The smallest absolute Gasteiger partial charge is 0.474 e. The van der Waals surface area contributed by atoms with Gasteiger partial charge in [0.15, 0.2) is 0 Å². The van der Waals surface area contributed by atoms with Crippen molar-refractivity contribution in [3.05, 3.63) is 11.9 Å². The molecule has 0 spiro atoms. The Morgan fingerprint density at radius 3 is 1.49 bits per heavy atom. The monoisotopic (exact) mass is 550 g/mol. The fraction of sp³-hybridized carbons (Fsp3) is 0.929. The van der Waals surface area contributed by atoms with Crippen molar-refractivity contribution >= 4 is 7.82 Å². The average molecular weight is 551 g/mol. The van der Waals surface area contributed by atoms with Crippen molar-refractivity contribution in [3.63, 3.8) is 0 Å². The molecule has 1 N–H and O–H groups in total. The maximum atomic E-state index is 12.5. The third kappa shape index (κ3) is 19.7. The van der Waals surface area contributed by atoms with E-state index >= 15 is 0 Å². The number of aliphatic hydroxyl groups excluding tert-OH is 1. The third-order valence-electron chi connectivity index (χ3n) is 6.53. The summed E-state index contributed by atoms with van der Waals surface area (Å²) in [6.45, 7) is 5.05. The zero-order valence-corrected chi connectivity index (χ0v) is 24.6. The lowest BCUT2D eigenvalue weighted by Gasteiger charge is -2.21. The summed E-state index contributed by atoms with van der Waals surface area (Å²) < 4.78 is 32.3. The summed E-state index contributed by atoms with van der Waals surface area (Å²) in [4.78, 5) is 9.55. The van der Waals surface area contributed by atoms with Crippen LogP contribution in [-0.2, 0) is 32.9 Å². The first-order valence-corrected chi connectivity index (χ1v) is 16.6. The minimum atomic E-state index is -4.16. The quantitative estimate of drug-likeness (QED) is 0.0467. The molecule has 1 aliphatic rings. The van der Waals surface area contributed by atoms with Crippen molar-refractivity contribution < 1.29 is 38.1 Å². The van der Waals surface area contributed by atoms with Crippen LogP contribution >= 0.6 is 7.82 Å². The van der Waals surface area contributed by atoms with Crippen molar-refractivity contribution in [1.82, 2.24) is 0 Å². The normalized spacial score (nSPS) is 17.6. The molecule has 37 heavy (non-hydrogen) atoms. The molecular formula is C28H55O8P. The van der Waals surface area contributed by atoms with Crippen molar-refractivity contribution in [2.24, 2.45) is 0 Å². The van der Waals surface area contributed by atoms with E-state index in [1.165, 1.54) is 103 Å². The number of ether oxygens (including phenoxy) is 1. The lowest BCUT2D eigenvalue weighted by Crippen LogP contribution is -2.13. The van der Waals surface area contributed by atoms with Crippen LogP contribution in [0.1, 0.15) is 155 Å². The SMILES string of the molecule is CCCCCCCCCCCCCOOP1(=O)OOC(O)=C(OCCCCCCCCCCCCC)O1. The molecule has 0 bridgehead atoms. The number of aliphatic hydroxyl groups is 1. The van der Waals surface area contributed by atoms with Crippen LogP contribution in [0.25, 0.3) is 0 Å².